The third-order valence-corrected chi connectivity index (χ3v) is 4.61. The molecule has 1 aliphatic heterocycles. The average molecular weight is 319 g/mol. The van der Waals surface area contributed by atoms with Crippen LogP contribution in [0.1, 0.15) is 17.8 Å². The van der Waals surface area contributed by atoms with E-state index in [0.29, 0.717) is 13.0 Å². The molecule has 2 amide bonds. The van der Waals surface area contributed by atoms with Crippen LogP contribution in [-0.4, -0.2) is 35.5 Å². The number of benzene rings is 1. The summed E-state index contributed by atoms with van der Waals surface area (Å²) in [5.41, 5.74) is 1.76. The molecule has 0 unspecified atom stereocenters. The Morgan fingerprint density at radius 3 is 2.73 bits per heavy atom. The molecule has 1 aliphatic rings. The fourth-order valence-electron chi connectivity index (χ4n) is 2.49. The van der Waals surface area contributed by atoms with Crippen LogP contribution in [0.5, 0.6) is 0 Å². The number of urea groups is 1. The maximum absolute atomic E-state index is 12.9. The van der Waals surface area contributed by atoms with Crippen LogP contribution >= 0.6 is 11.3 Å². The minimum absolute atomic E-state index is 0.0211. The van der Waals surface area contributed by atoms with Crippen molar-refractivity contribution >= 4 is 17.4 Å². The van der Waals surface area contributed by atoms with E-state index in [1.54, 1.807) is 23.5 Å². The van der Waals surface area contributed by atoms with E-state index in [-0.39, 0.29) is 11.8 Å². The zero-order valence-electron chi connectivity index (χ0n) is 12.2. The number of aromatic nitrogens is 1. The molecule has 0 atom stereocenters. The number of nitrogens with one attached hydrogen (secondary N) is 1. The molecule has 4 nitrogen and oxygen atoms in total. The maximum atomic E-state index is 12.9. The fraction of sp³-hybridized carbons (Fsp3) is 0.375. The van der Waals surface area contributed by atoms with Gasteiger partial charge in [-0.15, -0.1) is 11.3 Å². The standard InChI is InChI=1S/C16H18FN3OS/c17-13-5-3-12(4-6-13)14-11-22-15(19-14)7-8-18-16(21)20-9-1-2-10-20/h3-6,11H,1-2,7-10H2,(H,18,21). The molecule has 1 aromatic carbocycles. The van der Waals surface area contributed by atoms with Crippen molar-refractivity contribution in [3.05, 3.63) is 40.5 Å². The SMILES string of the molecule is O=C(NCCc1nc(-c2ccc(F)cc2)cs1)N1CCCC1. The van der Waals surface area contributed by atoms with Crippen molar-refractivity contribution in [3.63, 3.8) is 0 Å². The van der Waals surface area contributed by atoms with Gasteiger partial charge in [-0.05, 0) is 37.1 Å². The number of hydrogen-bond donors (Lipinski definition) is 1. The lowest BCUT2D eigenvalue weighted by molar-refractivity contribution is 0.209. The Kier molecular flexibility index (Phi) is 4.68. The fourth-order valence-corrected chi connectivity index (χ4v) is 3.29. The zero-order chi connectivity index (χ0) is 15.4. The Morgan fingerprint density at radius 2 is 2.00 bits per heavy atom. The monoisotopic (exact) mass is 319 g/mol. The normalized spacial score (nSPS) is 14.3. The summed E-state index contributed by atoms with van der Waals surface area (Å²) in [4.78, 5) is 18.2. The number of rotatable bonds is 4. The first kappa shape index (κ1) is 15.0. The van der Waals surface area contributed by atoms with Crippen LogP contribution in [0.2, 0.25) is 0 Å². The summed E-state index contributed by atoms with van der Waals surface area (Å²) in [6.45, 7) is 2.31. The summed E-state index contributed by atoms with van der Waals surface area (Å²) in [5, 5.41) is 5.87. The van der Waals surface area contributed by atoms with E-state index in [0.717, 1.165) is 42.2 Å². The number of amides is 2. The minimum atomic E-state index is -0.246. The van der Waals surface area contributed by atoms with Crippen LogP contribution < -0.4 is 5.32 Å². The minimum Gasteiger partial charge on any atom is -0.338 e. The summed E-state index contributed by atoms with van der Waals surface area (Å²) in [6, 6.07) is 6.34. The van der Waals surface area contributed by atoms with Crippen LogP contribution in [0.25, 0.3) is 11.3 Å². The van der Waals surface area contributed by atoms with Gasteiger partial charge in [-0.2, -0.15) is 0 Å². The Balaban J connectivity index is 1.51. The Bertz CT molecular complexity index is 635. The third-order valence-electron chi connectivity index (χ3n) is 3.70. The van der Waals surface area contributed by atoms with E-state index in [1.165, 1.54) is 12.1 Å². The molecule has 0 bridgehead atoms. The van der Waals surface area contributed by atoms with Crippen LogP contribution in [0.4, 0.5) is 9.18 Å². The van der Waals surface area contributed by atoms with Gasteiger partial charge < -0.3 is 10.2 Å². The molecule has 0 spiro atoms. The van der Waals surface area contributed by atoms with Crippen LogP contribution in [0, 0.1) is 5.82 Å². The van der Waals surface area contributed by atoms with Crippen LogP contribution in [0.3, 0.4) is 0 Å². The molecule has 1 fully saturated rings. The van der Waals surface area contributed by atoms with Crippen molar-refractivity contribution in [2.75, 3.05) is 19.6 Å². The maximum Gasteiger partial charge on any atom is 0.317 e. The van der Waals surface area contributed by atoms with E-state index in [2.05, 4.69) is 10.3 Å². The van der Waals surface area contributed by atoms with E-state index in [9.17, 15) is 9.18 Å². The van der Waals surface area contributed by atoms with Crippen molar-refractivity contribution in [1.29, 1.82) is 0 Å². The van der Waals surface area contributed by atoms with Gasteiger partial charge >= 0.3 is 6.03 Å². The van der Waals surface area contributed by atoms with Gasteiger partial charge in [0.15, 0.2) is 0 Å². The first-order valence-electron chi connectivity index (χ1n) is 7.45. The molecule has 0 aliphatic carbocycles. The van der Waals surface area contributed by atoms with Gasteiger partial charge in [0, 0.05) is 37.0 Å². The van der Waals surface area contributed by atoms with Crippen LogP contribution in [0.15, 0.2) is 29.6 Å². The lowest BCUT2D eigenvalue weighted by Crippen LogP contribution is -2.38. The first-order valence-corrected chi connectivity index (χ1v) is 8.33. The van der Waals surface area contributed by atoms with Crippen molar-refractivity contribution < 1.29 is 9.18 Å². The number of nitrogens with zero attached hydrogens (tertiary/aromatic N) is 2. The molecule has 6 heteroatoms. The molecule has 1 N–H and O–H groups in total. The highest BCUT2D eigenvalue weighted by Gasteiger charge is 2.17. The predicted octanol–water partition coefficient (Wildman–Crippen LogP) is 3.30. The summed E-state index contributed by atoms with van der Waals surface area (Å²) < 4.78 is 12.9. The molecule has 2 aromatic rings. The average Bonchev–Trinajstić information content (AvgIpc) is 3.19. The number of likely N-dealkylation sites (tertiary alicyclic amines) is 1. The van der Waals surface area contributed by atoms with Crippen molar-refractivity contribution in [2.45, 2.75) is 19.3 Å². The number of carbonyl (C=O) groups excluding carboxylic acids is 1. The largest absolute Gasteiger partial charge is 0.338 e. The molecule has 1 aromatic heterocycles. The molecule has 0 radical (unpaired) electrons. The lowest BCUT2D eigenvalue weighted by atomic mass is 10.2. The Morgan fingerprint density at radius 1 is 1.27 bits per heavy atom. The van der Waals surface area contributed by atoms with Gasteiger partial charge in [-0.3, -0.25) is 0 Å². The predicted molar refractivity (Wildman–Crippen MR) is 85.4 cm³/mol. The van der Waals surface area contributed by atoms with Gasteiger partial charge in [0.1, 0.15) is 5.82 Å². The molecule has 3 rings (SSSR count). The Labute approximate surface area is 133 Å². The van der Waals surface area contributed by atoms with Crippen molar-refractivity contribution in [1.82, 2.24) is 15.2 Å². The first-order chi connectivity index (χ1) is 10.7. The van der Waals surface area contributed by atoms with E-state index < -0.39 is 0 Å². The molecular weight excluding hydrogens is 301 g/mol. The molecule has 22 heavy (non-hydrogen) atoms. The van der Waals surface area contributed by atoms with Gasteiger partial charge in [0.25, 0.3) is 0 Å². The van der Waals surface area contributed by atoms with E-state index in [1.807, 2.05) is 10.3 Å². The molecule has 116 valence electrons. The number of thiazole rings is 1. The van der Waals surface area contributed by atoms with E-state index in [4.69, 9.17) is 0 Å². The second-order valence-electron chi connectivity index (χ2n) is 5.31. The highest BCUT2D eigenvalue weighted by Crippen LogP contribution is 2.22. The van der Waals surface area contributed by atoms with Crippen LogP contribution in [-0.2, 0) is 6.42 Å². The second-order valence-corrected chi connectivity index (χ2v) is 6.25. The molecular formula is C16H18FN3OS. The second kappa shape index (κ2) is 6.87. The quantitative estimate of drug-likeness (QED) is 0.940. The highest BCUT2D eigenvalue weighted by atomic mass is 32.1. The summed E-state index contributed by atoms with van der Waals surface area (Å²) >= 11 is 1.56. The Hall–Kier alpha value is -1.95. The number of hydrogen-bond acceptors (Lipinski definition) is 3. The van der Waals surface area contributed by atoms with Gasteiger partial charge in [0.2, 0.25) is 0 Å². The number of halogens is 1. The van der Waals surface area contributed by atoms with E-state index >= 15 is 0 Å². The summed E-state index contributed by atoms with van der Waals surface area (Å²) in [7, 11) is 0. The summed E-state index contributed by atoms with van der Waals surface area (Å²) in [6.07, 6.45) is 2.91. The van der Waals surface area contributed by atoms with Gasteiger partial charge in [-0.25, -0.2) is 14.2 Å². The lowest BCUT2D eigenvalue weighted by Gasteiger charge is -2.15. The molecule has 2 heterocycles. The van der Waals surface area contributed by atoms with Crippen molar-refractivity contribution in [3.8, 4) is 11.3 Å². The number of carbonyl (C=O) groups is 1. The van der Waals surface area contributed by atoms with Crippen molar-refractivity contribution in [2.24, 2.45) is 0 Å². The smallest absolute Gasteiger partial charge is 0.317 e. The van der Waals surface area contributed by atoms with Gasteiger partial charge in [-0.1, -0.05) is 0 Å². The summed E-state index contributed by atoms with van der Waals surface area (Å²) in [5.74, 6) is -0.246. The molecule has 1 saturated heterocycles. The molecule has 0 saturated carbocycles. The zero-order valence-corrected chi connectivity index (χ0v) is 13.0. The van der Waals surface area contributed by atoms with Gasteiger partial charge in [0.05, 0.1) is 10.7 Å². The topological polar surface area (TPSA) is 45.2 Å². The third kappa shape index (κ3) is 3.62. The highest BCUT2D eigenvalue weighted by molar-refractivity contribution is 7.09.